The van der Waals surface area contributed by atoms with Gasteiger partial charge in [-0.3, -0.25) is 0 Å². The van der Waals surface area contributed by atoms with E-state index in [4.69, 9.17) is 0 Å². The molecule has 2 rings (SSSR count). The van der Waals surface area contributed by atoms with E-state index in [2.05, 4.69) is 11.9 Å². The summed E-state index contributed by atoms with van der Waals surface area (Å²) in [6.07, 6.45) is 2.85. The quantitative estimate of drug-likeness (QED) is 0.867. The molecule has 84 valence electrons. The Balaban J connectivity index is 2.23. The molecule has 0 aromatic carbocycles. The maximum absolute atomic E-state index is 9.38. The van der Waals surface area contributed by atoms with Gasteiger partial charge in [0.2, 0.25) is 5.88 Å². The molecular formula is C10H16N2OS2. The molecule has 2 unspecified atom stereocenters. The monoisotopic (exact) mass is 244 g/mol. The Morgan fingerprint density at radius 2 is 2.27 bits per heavy atom. The van der Waals surface area contributed by atoms with Gasteiger partial charge in [-0.2, -0.15) is 16.7 Å². The Labute approximate surface area is 98.7 Å². The maximum atomic E-state index is 9.38. The lowest BCUT2D eigenvalue weighted by Crippen LogP contribution is -2.20. The highest BCUT2D eigenvalue weighted by molar-refractivity contribution is 8.06. The Kier molecular flexibility index (Phi) is 3.51. The highest BCUT2D eigenvalue weighted by atomic mass is 32.2. The number of aromatic hydroxyl groups is 1. The first kappa shape index (κ1) is 11.2. The number of imidazole rings is 1. The van der Waals surface area contributed by atoms with E-state index in [0.29, 0.717) is 10.5 Å². The zero-order valence-corrected chi connectivity index (χ0v) is 10.6. The van der Waals surface area contributed by atoms with Gasteiger partial charge in [0, 0.05) is 23.8 Å². The fraction of sp³-hybridized carbons (Fsp3) is 0.700. The van der Waals surface area contributed by atoms with Gasteiger partial charge in [-0.25, -0.2) is 0 Å². The molecule has 2 atom stereocenters. The third-order valence-corrected chi connectivity index (χ3v) is 5.85. The van der Waals surface area contributed by atoms with Crippen LogP contribution in [0.5, 0.6) is 5.88 Å². The third-order valence-electron chi connectivity index (χ3n) is 2.61. The van der Waals surface area contributed by atoms with Crippen LogP contribution in [0, 0.1) is 0 Å². The summed E-state index contributed by atoms with van der Waals surface area (Å²) in [6.45, 7) is 2.22. The maximum Gasteiger partial charge on any atom is 0.229 e. The molecule has 1 aliphatic rings. The van der Waals surface area contributed by atoms with Gasteiger partial charge in [-0.15, -0.1) is 11.8 Å². The van der Waals surface area contributed by atoms with E-state index in [-0.39, 0.29) is 5.88 Å². The summed E-state index contributed by atoms with van der Waals surface area (Å²) in [4.78, 5) is 4.22. The smallest absolute Gasteiger partial charge is 0.229 e. The van der Waals surface area contributed by atoms with E-state index < -0.39 is 0 Å². The van der Waals surface area contributed by atoms with Gasteiger partial charge in [0.25, 0.3) is 0 Å². The minimum absolute atomic E-state index is 0.138. The van der Waals surface area contributed by atoms with Gasteiger partial charge in [-0.05, 0) is 6.42 Å². The molecule has 1 aromatic rings. The average Bonchev–Trinajstić information content (AvgIpc) is 2.57. The molecule has 5 heteroatoms. The fourth-order valence-electron chi connectivity index (χ4n) is 1.87. The highest BCUT2D eigenvalue weighted by Crippen LogP contribution is 2.43. The van der Waals surface area contributed by atoms with Crippen molar-refractivity contribution in [1.82, 2.24) is 9.55 Å². The number of aryl methyl sites for hydroxylation is 1. The predicted molar refractivity (Wildman–Crippen MR) is 66.6 cm³/mol. The summed E-state index contributed by atoms with van der Waals surface area (Å²) < 4.78 is 1.95. The van der Waals surface area contributed by atoms with E-state index in [1.165, 1.54) is 11.5 Å². The number of aromatic nitrogens is 2. The summed E-state index contributed by atoms with van der Waals surface area (Å²) in [7, 11) is 1.95. The van der Waals surface area contributed by atoms with Gasteiger partial charge in [0.1, 0.15) is 5.82 Å². The zero-order chi connectivity index (χ0) is 10.8. The van der Waals surface area contributed by atoms with Crippen LogP contribution in [0.4, 0.5) is 0 Å². The van der Waals surface area contributed by atoms with Crippen LogP contribution in [0.2, 0.25) is 0 Å². The largest absolute Gasteiger partial charge is 0.492 e. The van der Waals surface area contributed by atoms with Gasteiger partial charge >= 0.3 is 0 Å². The zero-order valence-electron chi connectivity index (χ0n) is 9.01. The Hall–Kier alpha value is -0.290. The van der Waals surface area contributed by atoms with Crippen LogP contribution in [0.3, 0.4) is 0 Å². The first-order valence-corrected chi connectivity index (χ1v) is 7.27. The van der Waals surface area contributed by atoms with E-state index in [1.54, 1.807) is 6.20 Å². The first-order valence-electron chi connectivity index (χ1n) is 5.17. The molecule has 1 aliphatic heterocycles. The topological polar surface area (TPSA) is 38.1 Å². The van der Waals surface area contributed by atoms with Crippen molar-refractivity contribution < 1.29 is 5.11 Å². The van der Waals surface area contributed by atoms with Gasteiger partial charge in [0.05, 0.1) is 11.4 Å². The lowest BCUT2D eigenvalue weighted by Gasteiger charge is -2.29. The molecule has 1 fully saturated rings. The van der Waals surface area contributed by atoms with Crippen LogP contribution < -0.4 is 0 Å². The van der Waals surface area contributed by atoms with Gasteiger partial charge < -0.3 is 9.67 Å². The van der Waals surface area contributed by atoms with E-state index in [9.17, 15) is 5.11 Å². The van der Waals surface area contributed by atoms with Crippen molar-refractivity contribution in [3.63, 3.8) is 0 Å². The van der Waals surface area contributed by atoms with Crippen LogP contribution >= 0.6 is 23.5 Å². The SMILES string of the molecule is CCC1SCCSC1c1nc(O)cn1C. The van der Waals surface area contributed by atoms with Crippen LogP contribution in [0.15, 0.2) is 6.20 Å². The Morgan fingerprint density at radius 3 is 2.87 bits per heavy atom. The first-order chi connectivity index (χ1) is 7.22. The summed E-state index contributed by atoms with van der Waals surface area (Å²) in [5.41, 5.74) is 0. The molecule has 1 aromatic heterocycles. The molecule has 0 amide bonds. The standard InChI is InChI=1S/C10H16N2OS2/c1-3-7-9(15-5-4-14-7)10-11-8(13)6-12(10)2/h6-7,9,13H,3-5H2,1-2H3. The number of nitrogens with zero attached hydrogens (tertiary/aromatic N) is 2. The molecule has 15 heavy (non-hydrogen) atoms. The molecule has 0 spiro atoms. The number of hydrogen-bond donors (Lipinski definition) is 1. The van der Waals surface area contributed by atoms with Crippen LogP contribution in [0.25, 0.3) is 0 Å². The third kappa shape index (κ3) is 2.28. The van der Waals surface area contributed by atoms with E-state index in [0.717, 1.165) is 12.2 Å². The van der Waals surface area contributed by atoms with Crippen molar-refractivity contribution >= 4 is 23.5 Å². The molecule has 0 saturated carbocycles. The molecule has 0 bridgehead atoms. The minimum atomic E-state index is 0.138. The van der Waals surface area contributed by atoms with Crippen LogP contribution in [0.1, 0.15) is 24.4 Å². The summed E-state index contributed by atoms with van der Waals surface area (Å²) in [5, 5.41) is 10.4. The molecule has 1 N–H and O–H groups in total. The molecule has 3 nitrogen and oxygen atoms in total. The van der Waals surface area contributed by atoms with Crippen molar-refractivity contribution in [1.29, 1.82) is 0 Å². The van der Waals surface area contributed by atoms with Gasteiger partial charge in [0.15, 0.2) is 0 Å². The van der Waals surface area contributed by atoms with Crippen molar-refractivity contribution in [3.05, 3.63) is 12.0 Å². The lowest BCUT2D eigenvalue weighted by molar-refractivity contribution is 0.455. The molecular weight excluding hydrogens is 228 g/mol. The fourth-order valence-corrected chi connectivity index (χ4v) is 4.98. The molecule has 1 saturated heterocycles. The summed E-state index contributed by atoms with van der Waals surface area (Å²) in [5.74, 6) is 3.56. The van der Waals surface area contributed by atoms with Crippen LogP contribution in [-0.2, 0) is 7.05 Å². The van der Waals surface area contributed by atoms with Gasteiger partial charge in [-0.1, -0.05) is 6.92 Å². The Bertz CT molecular complexity index is 340. The molecule has 0 aliphatic carbocycles. The summed E-state index contributed by atoms with van der Waals surface area (Å²) in [6, 6.07) is 0. The lowest BCUT2D eigenvalue weighted by atomic mass is 10.2. The second kappa shape index (κ2) is 4.70. The van der Waals surface area contributed by atoms with Crippen molar-refractivity contribution in [2.45, 2.75) is 23.8 Å². The number of hydrogen-bond acceptors (Lipinski definition) is 4. The van der Waals surface area contributed by atoms with E-state index in [1.807, 2.05) is 35.1 Å². The highest BCUT2D eigenvalue weighted by Gasteiger charge is 2.29. The summed E-state index contributed by atoms with van der Waals surface area (Å²) >= 11 is 3.99. The van der Waals surface area contributed by atoms with Crippen molar-refractivity contribution in [3.8, 4) is 5.88 Å². The van der Waals surface area contributed by atoms with Crippen molar-refractivity contribution in [2.75, 3.05) is 11.5 Å². The molecule has 0 radical (unpaired) electrons. The predicted octanol–water partition coefficient (Wildman–Crippen LogP) is 2.43. The number of thioether (sulfide) groups is 2. The second-order valence-electron chi connectivity index (χ2n) is 3.68. The Morgan fingerprint density at radius 1 is 1.53 bits per heavy atom. The number of rotatable bonds is 2. The average molecular weight is 244 g/mol. The minimum Gasteiger partial charge on any atom is -0.492 e. The normalized spacial score (nSPS) is 26.8. The van der Waals surface area contributed by atoms with Crippen molar-refractivity contribution in [2.24, 2.45) is 7.05 Å². The van der Waals surface area contributed by atoms with E-state index >= 15 is 0 Å². The molecule has 2 heterocycles. The van der Waals surface area contributed by atoms with Crippen LogP contribution in [-0.4, -0.2) is 31.4 Å². The second-order valence-corrected chi connectivity index (χ2v) is 6.27.